The van der Waals surface area contributed by atoms with Crippen LogP contribution < -0.4 is 10.6 Å². The summed E-state index contributed by atoms with van der Waals surface area (Å²) in [5.74, 6) is 0.789. The number of hydrogen-bond acceptors (Lipinski definition) is 7. The highest BCUT2D eigenvalue weighted by atomic mass is 32.2. The predicted molar refractivity (Wildman–Crippen MR) is 182 cm³/mol. The molecule has 1 saturated carbocycles. The van der Waals surface area contributed by atoms with E-state index in [2.05, 4.69) is 81.2 Å². The molecule has 2 aliphatic rings. The Morgan fingerprint density at radius 2 is 1.66 bits per heavy atom. The minimum absolute atomic E-state index is 0.0350. The van der Waals surface area contributed by atoms with Crippen LogP contribution in [0.5, 0.6) is 0 Å². The van der Waals surface area contributed by atoms with Crippen molar-refractivity contribution in [3.05, 3.63) is 87.5 Å². The van der Waals surface area contributed by atoms with Crippen LogP contribution in [-0.4, -0.2) is 43.8 Å². The number of carbonyl (C=O) groups is 1. The van der Waals surface area contributed by atoms with Crippen molar-refractivity contribution in [3.8, 4) is 0 Å². The van der Waals surface area contributed by atoms with Crippen LogP contribution in [0.1, 0.15) is 61.6 Å². The summed E-state index contributed by atoms with van der Waals surface area (Å²) in [7, 11) is 0. The number of allylic oxidation sites excluding steroid dienone is 1. The second-order valence-electron chi connectivity index (χ2n) is 11.9. The molecule has 7 rings (SSSR count). The van der Waals surface area contributed by atoms with Gasteiger partial charge in [-0.15, -0.1) is 10.2 Å². The van der Waals surface area contributed by atoms with Crippen molar-refractivity contribution >= 4 is 61.1 Å². The third-order valence-corrected chi connectivity index (χ3v) is 11.3. The first kappa shape index (κ1) is 28.9. The molecule has 4 N–H and O–H groups in total. The Balaban J connectivity index is 0.958. The molecule has 1 aliphatic carbocycles. The molecule has 3 unspecified atom stereocenters. The van der Waals surface area contributed by atoms with E-state index in [0.29, 0.717) is 23.4 Å². The molecule has 2 aromatic carbocycles. The summed E-state index contributed by atoms with van der Waals surface area (Å²) in [4.78, 5) is 25.9. The molecule has 10 heteroatoms. The Kier molecular flexibility index (Phi) is 8.27. The molecule has 0 radical (unpaired) electrons. The van der Waals surface area contributed by atoms with Gasteiger partial charge in [0.2, 0.25) is 11.0 Å². The Morgan fingerprint density at radius 3 is 2.45 bits per heavy atom. The summed E-state index contributed by atoms with van der Waals surface area (Å²) in [6.07, 6.45) is 9.76. The highest BCUT2D eigenvalue weighted by Crippen LogP contribution is 2.46. The van der Waals surface area contributed by atoms with Crippen LogP contribution in [0.2, 0.25) is 0 Å². The molecule has 3 aromatic heterocycles. The molecule has 1 fully saturated rings. The average Bonchev–Trinajstić information content (AvgIpc) is 3.79. The van der Waals surface area contributed by atoms with Crippen molar-refractivity contribution in [1.29, 1.82) is 0 Å². The van der Waals surface area contributed by atoms with E-state index in [1.165, 1.54) is 26.9 Å². The van der Waals surface area contributed by atoms with E-state index < -0.39 is 0 Å². The van der Waals surface area contributed by atoms with Crippen LogP contribution in [0.4, 0.5) is 5.13 Å². The molecule has 8 nitrogen and oxygen atoms in total. The van der Waals surface area contributed by atoms with Gasteiger partial charge in [0, 0.05) is 46.7 Å². The summed E-state index contributed by atoms with van der Waals surface area (Å²) in [6, 6.07) is 16.5. The molecule has 5 aromatic rings. The number of anilines is 1. The highest BCUT2D eigenvalue weighted by molar-refractivity contribution is 8.17. The molecule has 0 bridgehead atoms. The predicted octanol–water partition coefficient (Wildman–Crippen LogP) is 7.55. The monoisotopic (exact) mass is 623 g/mol. The van der Waals surface area contributed by atoms with Crippen molar-refractivity contribution in [2.75, 3.05) is 11.9 Å². The molecular weight excluding hydrogens is 587 g/mol. The number of nitrogens with one attached hydrogen (secondary N) is 4. The topological polar surface area (TPSA) is 111 Å². The van der Waals surface area contributed by atoms with Crippen molar-refractivity contribution in [2.24, 2.45) is 10.9 Å². The highest BCUT2D eigenvalue weighted by Gasteiger charge is 2.32. The van der Waals surface area contributed by atoms with E-state index in [0.717, 1.165) is 65.3 Å². The number of thioether (sulfide) groups is 1. The van der Waals surface area contributed by atoms with Crippen LogP contribution in [-0.2, 0) is 17.6 Å². The van der Waals surface area contributed by atoms with Crippen LogP contribution >= 0.6 is 23.1 Å². The minimum atomic E-state index is -0.0350. The minimum Gasteiger partial charge on any atom is -0.361 e. The van der Waals surface area contributed by atoms with Gasteiger partial charge in [-0.2, -0.15) is 0 Å². The SMILES string of the molecule is CC1=C(C2CCCC(c3nnc(NCCc4c[nH]c5ccccc45)s3)C2)SC(NC(=O)Cc2c[nH]c3ccccc23)=NC1C. The van der Waals surface area contributed by atoms with Crippen LogP contribution in [0, 0.1) is 5.92 Å². The number of aliphatic imine (C=N–C) groups is 1. The molecule has 3 atom stereocenters. The fourth-order valence-corrected chi connectivity index (χ4v) is 8.75. The van der Waals surface area contributed by atoms with Gasteiger partial charge in [0.1, 0.15) is 5.01 Å². The number of rotatable bonds is 8. The molecular formula is C34H37N7OS2. The Labute approximate surface area is 265 Å². The summed E-state index contributed by atoms with van der Waals surface area (Å²) in [5.41, 5.74) is 5.85. The smallest absolute Gasteiger partial charge is 0.230 e. The number of aromatic nitrogens is 4. The van der Waals surface area contributed by atoms with E-state index in [9.17, 15) is 4.79 Å². The Hall–Kier alpha value is -3.89. The van der Waals surface area contributed by atoms with Gasteiger partial charge >= 0.3 is 0 Å². The summed E-state index contributed by atoms with van der Waals surface area (Å²) in [6.45, 7) is 5.14. The first-order chi connectivity index (χ1) is 21.5. The fourth-order valence-electron chi connectivity index (χ4n) is 6.53. The third kappa shape index (κ3) is 6.05. The second-order valence-corrected chi connectivity index (χ2v) is 13.9. The zero-order valence-corrected chi connectivity index (χ0v) is 26.7. The number of amides is 1. The molecule has 0 saturated heterocycles. The number of aromatic amines is 2. The lowest BCUT2D eigenvalue weighted by Crippen LogP contribution is -2.33. The van der Waals surface area contributed by atoms with Crippen molar-refractivity contribution in [3.63, 3.8) is 0 Å². The zero-order valence-electron chi connectivity index (χ0n) is 25.0. The van der Waals surface area contributed by atoms with E-state index in [1.54, 1.807) is 23.1 Å². The van der Waals surface area contributed by atoms with Gasteiger partial charge < -0.3 is 20.6 Å². The number of carbonyl (C=O) groups excluding carboxylic acids is 1. The lowest BCUT2D eigenvalue weighted by Gasteiger charge is -2.33. The lowest BCUT2D eigenvalue weighted by molar-refractivity contribution is -0.118. The largest absolute Gasteiger partial charge is 0.361 e. The summed E-state index contributed by atoms with van der Waals surface area (Å²) < 4.78 is 0. The van der Waals surface area contributed by atoms with Gasteiger partial charge in [0.15, 0.2) is 5.17 Å². The second kappa shape index (κ2) is 12.6. The number of hydrogen-bond donors (Lipinski definition) is 4. The fraction of sp³-hybridized carbons (Fsp3) is 0.353. The summed E-state index contributed by atoms with van der Waals surface area (Å²) >= 11 is 3.34. The number of H-pyrrole nitrogens is 2. The van der Waals surface area contributed by atoms with Crippen LogP contribution in [0.15, 0.2) is 76.4 Å². The number of benzene rings is 2. The van der Waals surface area contributed by atoms with Gasteiger partial charge in [-0.25, -0.2) is 0 Å². The standard InChI is InChI=1S/C34H37N7OS2/c1-20-21(2)38-34(39-30(42)17-25-19-37-29-13-6-4-11-27(25)29)43-31(20)22-8-7-9-23(16-22)32-40-41-33(44-32)35-15-14-24-18-36-28-12-5-3-10-26(24)28/h3-6,10-13,18-19,21-23,36-37H,7-9,14-17H2,1-2H3,(H,35,41)(H,38,39,42). The van der Waals surface area contributed by atoms with Crippen LogP contribution in [0.25, 0.3) is 21.8 Å². The molecule has 1 aliphatic heterocycles. The number of amidine groups is 1. The van der Waals surface area contributed by atoms with Crippen molar-refractivity contribution < 1.29 is 4.79 Å². The summed E-state index contributed by atoms with van der Waals surface area (Å²) in [5, 5.41) is 20.8. The van der Waals surface area contributed by atoms with Crippen molar-refractivity contribution in [2.45, 2.75) is 64.3 Å². The van der Waals surface area contributed by atoms with E-state index in [4.69, 9.17) is 4.99 Å². The zero-order chi connectivity index (χ0) is 30.0. The maximum absolute atomic E-state index is 13.1. The van der Waals surface area contributed by atoms with Gasteiger partial charge in [-0.1, -0.05) is 65.9 Å². The van der Waals surface area contributed by atoms with E-state index in [-0.39, 0.29) is 11.9 Å². The Bertz CT molecular complexity index is 1870. The number of fused-ring (bicyclic) bond motifs is 2. The van der Waals surface area contributed by atoms with Gasteiger partial charge in [0.05, 0.1) is 12.5 Å². The van der Waals surface area contributed by atoms with E-state index >= 15 is 0 Å². The molecule has 44 heavy (non-hydrogen) atoms. The van der Waals surface area contributed by atoms with Gasteiger partial charge in [0.25, 0.3) is 0 Å². The van der Waals surface area contributed by atoms with E-state index in [1.807, 2.05) is 24.4 Å². The molecule has 226 valence electrons. The first-order valence-electron chi connectivity index (χ1n) is 15.4. The lowest BCUT2D eigenvalue weighted by atomic mass is 9.80. The van der Waals surface area contributed by atoms with Crippen molar-refractivity contribution in [1.82, 2.24) is 25.5 Å². The number of nitrogens with zero attached hydrogens (tertiary/aromatic N) is 3. The average molecular weight is 624 g/mol. The van der Waals surface area contributed by atoms with Gasteiger partial charge in [-0.05, 0) is 79.2 Å². The normalized spacial score (nSPS) is 20.7. The van der Waals surface area contributed by atoms with Crippen LogP contribution in [0.3, 0.4) is 0 Å². The van der Waals surface area contributed by atoms with Gasteiger partial charge in [-0.3, -0.25) is 9.79 Å². The number of para-hydroxylation sites is 2. The maximum Gasteiger partial charge on any atom is 0.230 e. The third-order valence-electron chi connectivity index (χ3n) is 8.99. The maximum atomic E-state index is 13.1. The molecule has 0 spiro atoms. The molecule has 4 heterocycles. The molecule has 1 amide bonds. The quantitative estimate of drug-likeness (QED) is 0.143. The Morgan fingerprint density at radius 1 is 0.955 bits per heavy atom. The first-order valence-corrected chi connectivity index (χ1v) is 17.1.